The molecule has 0 atom stereocenters. The quantitative estimate of drug-likeness (QED) is 0.472. The number of rotatable bonds is 1. The first-order valence-corrected chi connectivity index (χ1v) is 3.28. The zero-order chi connectivity index (χ0) is 8.43. The van der Waals surface area contributed by atoms with Crippen molar-refractivity contribution in [2.24, 2.45) is 0 Å². The van der Waals surface area contributed by atoms with Gasteiger partial charge in [0.1, 0.15) is 0 Å². The van der Waals surface area contributed by atoms with E-state index in [4.69, 9.17) is 10.5 Å². The number of nitrogen functional groups attached to an aromatic ring is 1. The second kappa shape index (κ2) is 2.70. The van der Waals surface area contributed by atoms with Gasteiger partial charge in [0.25, 0.3) is 0 Å². The molecule has 1 rings (SSSR count). The van der Waals surface area contributed by atoms with Gasteiger partial charge in [-0.2, -0.15) is 0 Å². The molecule has 3 nitrogen and oxygen atoms in total. The number of ether oxygens (including phenoxy) is 1. The minimum atomic E-state index is 0.154. The molecule has 0 aliphatic rings. The molecule has 1 aromatic carbocycles. The van der Waals surface area contributed by atoms with Crippen LogP contribution in [0.15, 0.2) is 12.1 Å². The Bertz CT molecular complexity index is 271. The van der Waals surface area contributed by atoms with Crippen LogP contribution in [0, 0.1) is 6.92 Å². The van der Waals surface area contributed by atoms with E-state index in [-0.39, 0.29) is 5.75 Å². The second-order valence-corrected chi connectivity index (χ2v) is 2.39. The lowest BCUT2D eigenvalue weighted by molar-refractivity contribution is 0.372. The fraction of sp³-hybridized carbons (Fsp3) is 0.250. The molecule has 0 aromatic heterocycles. The molecule has 0 fully saturated rings. The van der Waals surface area contributed by atoms with E-state index in [0.29, 0.717) is 11.4 Å². The maximum Gasteiger partial charge on any atom is 0.162 e. The van der Waals surface area contributed by atoms with Crippen molar-refractivity contribution in [2.75, 3.05) is 12.8 Å². The van der Waals surface area contributed by atoms with Gasteiger partial charge in [-0.15, -0.1) is 0 Å². The standard InChI is InChI=1S/C8H11NO2/c1-5-3-6(9)4-7(11-2)8(5)10/h3-4,10H,9H2,1-2H3. The number of hydrogen-bond acceptors (Lipinski definition) is 3. The van der Waals surface area contributed by atoms with Crippen LogP contribution in [0.3, 0.4) is 0 Å². The summed E-state index contributed by atoms with van der Waals surface area (Å²) in [4.78, 5) is 0. The van der Waals surface area contributed by atoms with Crippen LogP contribution in [0.5, 0.6) is 11.5 Å². The van der Waals surface area contributed by atoms with Gasteiger partial charge in [-0.3, -0.25) is 0 Å². The fourth-order valence-electron chi connectivity index (χ4n) is 0.930. The molecule has 0 saturated heterocycles. The third-order valence-corrected chi connectivity index (χ3v) is 1.51. The van der Waals surface area contributed by atoms with E-state index >= 15 is 0 Å². The summed E-state index contributed by atoms with van der Waals surface area (Å²) in [6.45, 7) is 1.77. The second-order valence-electron chi connectivity index (χ2n) is 2.39. The van der Waals surface area contributed by atoms with Crippen molar-refractivity contribution in [3.63, 3.8) is 0 Å². The first-order chi connectivity index (χ1) is 5.15. The number of nitrogens with two attached hydrogens (primary N) is 1. The topological polar surface area (TPSA) is 55.5 Å². The molecule has 60 valence electrons. The lowest BCUT2D eigenvalue weighted by atomic mass is 10.2. The largest absolute Gasteiger partial charge is 0.504 e. The number of aryl methyl sites for hydroxylation is 1. The number of anilines is 1. The average Bonchev–Trinajstić information content (AvgIpc) is 1.96. The Labute approximate surface area is 65.4 Å². The van der Waals surface area contributed by atoms with Crippen LogP contribution >= 0.6 is 0 Å². The fourth-order valence-corrected chi connectivity index (χ4v) is 0.930. The van der Waals surface area contributed by atoms with E-state index in [1.807, 2.05) is 0 Å². The normalized spacial score (nSPS) is 9.64. The van der Waals surface area contributed by atoms with Crippen LogP contribution in [-0.4, -0.2) is 12.2 Å². The van der Waals surface area contributed by atoms with E-state index in [1.165, 1.54) is 7.11 Å². The SMILES string of the molecule is COc1cc(N)cc(C)c1O. The van der Waals surface area contributed by atoms with E-state index in [0.717, 1.165) is 5.56 Å². The first-order valence-electron chi connectivity index (χ1n) is 3.28. The first kappa shape index (κ1) is 7.72. The molecule has 0 unspecified atom stereocenters. The van der Waals surface area contributed by atoms with E-state index in [1.54, 1.807) is 19.1 Å². The summed E-state index contributed by atoms with van der Waals surface area (Å²) in [5.41, 5.74) is 6.83. The molecule has 0 aliphatic carbocycles. The molecule has 0 heterocycles. The van der Waals surface area contributed by atoms with Crippen LogP contribution in [-0.2, 0) is 0 Å². The van der Waals surface area contributed by atoms with Gasteiger partial charge in [0.2, 0.25) is 0 Å². The lowest BCUT2D eigenvalue weighted by Gasteiger charge is -2.06. The maximum atomic E-state index is 9.34. The Kier molecular flexibility index (Phi) is 1.89. The number of phenols is 1. The van der Waals surface area contributed by atoms with E-state index in [2.05, 4.69) is 0 Å². The van der Waals surface area contributed by atoms with Gasteiger partial charge in [-0.1, -0.05) is 0 Å². The predicted molar refractivity (Wildman–Crippen MR) is 43.8 cm³/mol. The molecule has 0 aliphatic heterocycles. The van der Waals surface area contributed by atoms with Gasteiger partial charge in [0, 0.05) is 11.8 Å². The van der Waals surface area contributed by atoms with Gasteiger partial charge in [-0.25, -0.2) is 0 Å². The summed E-state index contributed by atoms with van der Waals surface area (Å²) in [6.07, 6.45) is 0. The molecule has 3 N–H and O–H groups in total. The number of aromatic hydroxyl groups is 1. The van der Waals surface area contributed by atoms with Crippen LogP contribution in [0.2, 0.25) is 0 Å². The third kappa shape index (κ3) is 1.37. The zero-order valence-corrected chi connectivity index (χ0v) is 6.59. The molecule has 1 aromatic rings. The van der Waals surface area contributed by atoms with Gasteiger partial charge >= 0.3 is 0 Å². The number of hydrogen-bond donors (Lipinski definition) is 2. The van der Waals surface area contributed by atoms with Crippen LogP contribution in [0.25, 0.3) is 0 Å². The van der Waals surface area contributed by atoms with Gasteiger partial charge in [0.05, 0.1) is 7.11 Å². The Hall–Kier alpha value is -1.38. The molecular weight excluding hydrogens is 142 g/mol. The molecule has 11 heavy (non-hydrogen) atoms. The highest BCUT2D eigenvalue weighted by Gasteiger charge is 2.04. The molecule has 3 heteroatoms. The number of phenolic OH excluding ortho intramolecular Hbond substituents is 1. The maximum absolute atomic E-state index is 9.34. The van der Waals surface area contributed by atoms with Crippen molar-refractivity contribution in [3.8, 4) is 11.5 Å². The van der Waals surface area contributed by atoms with Crippen LogP contribution in [0.1, 0.15) is 5.56 Å². The van der Waals surface area contributed by atoms with Crippen molar-refractivity contribution < 1.29 is 9.84 Å². The Balaban J connectivity index is 3.24. The minimum absolute atomic E-state index is 0.154. The molecule has 0 spiro atoms. The average molecular weight is 153 g/mol. The number of benzene rings is 1. The third-order valence-electron chi connectivity index (χ3n) is 1.51. The van der Waals surface area contributed by atoms with Gasteiger partial charge in [0.15, 0.2) is 11.5 Å². The van der Waals surface area contributed by atoms with Gasteiger partial charge < -0.3 is 15.6 Å². The molecule has 0 radical (unpaired) electrons. The van der Waals surface area contributed by atoms with Crippen LogP contribution in [0.4, 0.5) is 5.69 Å². The smallest absolute Gasteiger partial charge is 0.162 e. The van der Waals surface area contributed by atoms with Crippen molar-refractivity contribution in [1.82, 2.24) is 0 Å². The summed E-state index contributed by atoms with van der Waals surface area (Å²) < 4.78 is 4.88. The minimum Gasteiger partial charge on any atom is -0.504 e. The van der Waals surface area contributed by atoms with Gasteiger partial charge in [-0.05, 0) is 18.6 Å². The van der Waals surface area contributed by atoms with Crippen LogP contribution < -0.4 is 10.5 Å². The molecule has 0 amide bonds. The van der Waals surface area contributed by atoms with E-state index < -0.39 is 0 Å². The highest BCUT2D eigenvalue weighted by molar-refractivity contribution is 5.55. The van der Waals surface area contributed by atoms with E-state index in [9.17, 15) is 5.11 Å². The zero-order valence-electron chi connectivity index (χ0n) is 6.59. The number of methoxy groups -OCH3 is 1. The summed E-state index contributed by atoms with van der Waals surface area (Å²) in [5.74, 6) is 0.573. The monoisotopic (exact) mass is 153 g/mol. The highest BCUT2D eigenvalue weighted by Crippen LogP contribution is 2.31. The Morgan fingerprint density at radius 3 is 2.64 bits per heavy atom. The Morgan fingerprint density at radius 1 is 1.45 bits per heavy atom. The highest BCUT2D eigenvalue weighted by atomic mass is 16.5. The predicted octanol–water partition coefficient (Wildman–Crippen LogP) is 1.29. The Morgan fingerprint density at radius 2 is 2.09 bits per heavy atom. The molecular formula is C8H11NO2. The molecule has 0 bridgehead atoms. The summed E-state index contributed by atoms with van der Waals surface area (Å²) in [6, 6.07) is 3.28. The molecule has 0 saturated carbocycles. The van der Waals surface area contributed by atoms with Crippen molar-refractivity contribution in [1.29, 1.82) is 0 Å². The van der Waals surface area contributed by atoms with Crippen molar-refractivity contribution in [2.45, 2.75) is 6.92 Å². The van der Waals surface area contributed by atoms with Crippen molar-refractivity contribution >= 4 is 5.69 Å². The summed E-state index contributed by atoms with van der Waals surface area (Å²) >= 11 is 0. The van der Waals surface area contributed by atoms with Crippen molar-refractivity contribution in [3.05, 3.63) is 17.7 Å². The summed E-state index contributed by atoms with van der Waals surface area (Å²) in [7, 11) is 1.49. The lowest BCUT2D eigenvalue weighted by Crippen LogP contribution is -1.90. The summed E-state index contributed by atoms with van der Waals surface area (Å²) in [5, 5.41) is 9.34.